The van der Waals surface area contributed by atoms with Crippen molar-refractivity contribution in [3.8, 4) is 5.75 Å². The van der Waals surface area contributed by atoms with Crippen LogP contribution in [0.15, 0.2) is 54.9 Å². The summed E-state index contributed by atoms with van der Waals surface area (Å²) in [6.07, 6.45) is 4.82. The summed E-state index contributed by atoms with van der Waals surface area (Å²) in [5, 5.41) is 26.1. The van der Waals surface area contributed by atoms with E-state index in [4.69, 9.17) is 10.1 Å². The number of fused-ring (bicyclic) bond motifs is 1. The van der Waals surface area contributed by atoms with Crippen LogP contribution in [0.1, 0.15) is 29.8 Å². The summed E-state index contributed by atoms with van der Waals surface area (Å²) in [5.74, 6) is 1.20. The van der Waals surface area contributed by atoms with Gasteiger partial charge in [-0.25, -0.2) is 4.98 Å². The Labute approximate surface area is 223 Å². The number of methoxy groups -OCH3 is 1. The van der Waals surface area contributed by atoms with E-state index in [0.717, 1.165) is 29.4 Å². The van der Waals surface area contributed by atoms with Crippen molar-refractivity contribution in [1.82, 2.24) is 20.1 Å². The van der Waals surface area contributed by atoms with Crippen LogP contribution >= 0.6 is 0 Å². The molecular formula is C29H36N6O3. The highest BCUT2D eigenvalue weighted by atomic mass is 16.5. The van der Waals surface area contributed by atoms with Gasteiger partial charge in [-0.3, -0.25) is 4.79 Å². The molecule has 4 rings (SSSR count). The Kier molecular flexibility index (Phi) is 8.29. The van der Waals surface area contributed by atoms with Crippen molar-refractivity contribution in [2.24, 2.45) is 0 Å². The van der Waals surface area contributed by atoms with Crippen molar-refractivity contribution in [3.63, 3.8) is 0 Å². The van der Waals surface area contributed by atoms with Crippen LogP contribution in [-0.2, 0) is 0 Å². The van der Waals surface area contributed by atoms with Gasteiger partial charge in [-0.05, 0) is 62.2 Å². The van der Waals surface area contributed by atoms with Gasteiger partial charge < -0.3 is 35.7 Å². The Morgan fingerprint density at radius 2 is 1.84 bits per heavy atom. The average Bonchev–Trinajstić information content (AvgIpc) is 2.90. The van der Waals surface area contributed by atoms with E-state index in [0.29, 0.717) is 48.0 Å². The molecule has 0 bridgehead atoms. The lowest BCUT2D eigenvalue weighted by Crippen LogP contribution is -2.47. The standard InChI is InChI=1S/C29H36N6O3/c1-29(2,37)19-31-17-24(16-30)20-5-6-22-18-32-27(15-23(22)13-20)33-25-8-7-21(14-26(25)38-4)28(36)35-11-9-34(3)10-12-35/h5-8,13-18,30-31,37H,9-12,19H2,1-4H3,(H,32,33)/b24-17+,30-16?. The van der Waals surface area contributed by atoms with E-state index < -0.39 is 5.60 Å². The topological polar surface area (TPSA) is 114 Å². The molecule has 0 aliphatic carbocycles. The molecule has 1 saturated heterocycles. The number of allylic oxidation sites excluding steroid dienone is 1. The van der Waals surface area contributed by atoms with Gasteiger partial charge in [0.1, 0.15) is 11.6 Å². The number of rotatable bonds is 9. The van der Waals surface area contributed by atoms with Crippen LogP contribution in [0.25, 0.3) is 16.3 Å². The third-order valence-electron chi connectivity index (χ3n) is 6.50. The van der Waals surface area contributed by atoms with Gasteiger partial charge in [-0.15, -0.1) is 0 Å². The number of nitrogens with zero attached hydrogens (tertiary/aromatic N) is 3. The zero-order chi connectivity index (χ0) is 27.3. The van der Waals surface area contributed by atoms with E-state index in [9.17, 15) is 9.90 Å². The van der Waals surface area contributed by atoms with Gasteiger partial charge in [0.2, 0.25) is 0 Å². The number of aromatic nitrogens is 1. The van der Waals surface area contributed by atoms with Gasteiger partial charge in [0.25, 0.3) is 5.91 Å². The summed E-state index contributed by atoms with van der Waals surface area (Å²) in [6.45, 7) is 6.99. The second-order valence-corrected chi connectivity index (χ2v) is 10.2. The van der Waals surface area contributed by atoms with E-state index >= 15 is 0 Å². The molecule has 1 aliphatic rings. The van der Waals surface area contributed by atoms with Crippen LogP contribution in [0.4, 0.5) is 11.5 Å². The lowest BCUT2D eigenvalue weighted by atomic mass is 10.0. The van der Waals surface area contributed by atoms with Gasteiger partial charge in [0.15, 0.2) is 0 Å². The first-order chi connectivity index (χ1) is 18.2. The predicted octanol–water partition coefficient (Wildman–Crippen LogP) is 3.73. The fourth-order valence-electron chi connectivity index (χ4n) is 4.27. The highest BCUT2D eigenvalue weighted by Crippen LogP contribution is 2.30. The Hall–Kier alpha value is -3.95. The summed E-state index contributed by atoms with van der Waals surface area (Å²) in [5.41, 5.74) is 2.02. The summed E-state index contributed by atoms with van der Waals surface area (Å²) >= 11 is 0. The molecule has 1 aromatic heterocycles. The van der Waals surface area contributed by atoms with Crippen molar-refractivity contribution < 1.29 is 14.6 Å². The first-order valence-electron chi connectivity index (χ1n) is 12.7. The third kappa shape index (κ3) is 6.67. The van der Waals surface area contributed by atoms with E-state index in [2.05, 4.69) is 27.6 Å². The van der Waals surface area contributed by atoms with Crippen LogP contribution in [0, 0.1) is 5.41 Å². The average molecular weight is 517 g/mol. The molecule has 0 radical (unpaired) electrons. The number of hydrogen-bond donors (Lipinski definition) is 4. The summed E-state index contributed by atoms with van der Waals surface area (Å²) in [7, 11) is 3.65. The van der Waals surface area contributed by atoms with Crippen molar-refractivity contribution in [3.05, 3.63) is 66.0 Å². The molecule has 9 heteroatoms. The minimum Gasteiger partial charge on any atom is -0.495 e. The summed E-state index contributed by atoms with van der Waals surface area (Å²) < 4.78 is 5.60. The van der Waals surface area contributed by atoms with Crippen molar-refractivity contribution >= 4 is 40.0 Å². The number of aliphatic hydroxyl groups is 1. The number of carbonyl (C=O) groups excluding carboxylic acids is 1. The number of carbonyl (C=O) groups is 1. The predicted molar refractivity (Wildman–Crippen MR) is 152 cm³/mol. The van der Waals surface area contributed by atoms with Gasteiger partial charge in [0.05, 0.1) is 18.4 Å². The quantitative estimate of drug-likeness (QED) is 0.321. The molecule has 0 spiro atoms. The highest BCUT2D eigenvalue weighted by molar-refractivity contribution is 6.09. The van der Waals surface area contributed by atoms with Crippen molar-refractivity contribution in [2.75, 3.05) is 52.2 Å². The number of anilines is 2. The zero-order valence-electron chi connectivity index (χ0n) is 22.4. The molecule has 2 heterocycles. The molecule has 200 valence electrons. The van der Waals surface area contributed by atoms with E-state index in [1.807, 2.05) is 41.3 Å². The Bertz CT molecular complexity index is 1340. The fraction of sp³-hybridized carbons (Fsp3) is 0.345. The smallest absolute Gasteiger partial charge is 0.254 e. The van der Waals surface area contributed by atoms with E-state index in [1.165, 1.54) is 6.21 Å². The number of ether oxygens (including phenoxy) is 1. The van der Waals surface area contributed by atoms with Crippen molar-refractivity contribution in [1.29, 1.82) is 5.41 Å². The molecule has 0 unspecified atom stereocenters. The minimum atomic E-state index is -0.851. The number of nitrogens with one attached hydrogen (secondary N) is 3. The number of benzene rings is 2. The van der Waals surface area contributed by atoms with Gasteiger partial charge >= 0.3 is 0 Å². The molecular weight excluding hydrogens is 480 g/mol. The first kappa shape index (κ1) is 27.1. The molecule has 2 aromatic carbocycles. The van der Waals surface area contributed by atoms with E-state index in [-0.39, 0.29) is 5.91 Å². The maximum Gasteiger partial charge on any atom is 0.254 e. The number of pyridine rings is 1. The Morgan fingerprint density at radius 3 is 2.53 bits per heavy atom. The highest BCUT2D eigenvalue weighted by Gasteiger charge is 2.21. The van der Waals surface area contributed by atoms with Crippen LogP contribution in [0.3, 0.4) is 0 Å². The Balaban J connectivity index is 1.54. The molecule has 0 atom stereocenters. The molecule has 3 aromatic rings. The largest absolute Gasteiger partial charge is 0.495 e. The zero-order valence-corrected chi connectivity index (χ0v) is 22.4. The lowest BCUT2D eigenvalue weighted by Gasteiger charge is -2.32. The summed E-state index contributed by atoms with van der Waals surface area (Å²) in [4.78, 5) is 21.6. The summed E-state index contributed by atoms with van der Waals surface area (Å²) in [6, 6.07) is 13.3. The molecule has 38 heavy (non-hydrogen) atoms. The SMILES string of the molecule is COc1cc(C(=O)N2CCN(C)CC2)ccc1Nc1cc2cc(/C(C=N)=C/NCC(C)(C)O)ccc2cn1. The van der Waals surface area contributed by atoms with Gasteiger partial charge in [0, 0.05) is 67.9 Å². The monoisotopic (exact) mass is 516 g/mol. The Morgan fingerprint density at radius 1 is 1.11 bits per heavy atom. The van der Waals surface area contributed by atoms with Crippen LogP contribution in [0.2, 0.25) is 0 Å². The molecule has 0 saturated carbocycles. The van der Waals surface area contributed by atoms with Crippen LogP contribution in [-0.4, -0.2) is 84.5 Å². The molecule has 1 fully saturated rings. The maximum atomic E-state index is 13.0. The molecule has 1 amide bonds. The lowest BCUT2D eigenvalue weighted by molar-refractivity contribution is 0.0663. The molecule has 9 nitrogen and oxygen atoms in total. The number of piperazine rings is 1. The first-order valence-corrected chi connectivity index (χ1v) is 12.7. The fourth-order valence-corrected chi connectivity index (χ4v) is 4.27. The number of likely N-dealkylation sites (N-methyl/N-ethyl adjacent to an activating group) is 1. The van der Waals surface area contributed by atoms with E-state index in [1.54, 1.807) is 39.4 Å². The molecule has 1 aliphatic heterocycles. The normalized spacial score (nSPS) is 14.9. The minimum absolute atomic E-state index is 0.00593. The van der Waals surface area contributed by atoms with Gasteiger partial charge in [-0.2, -0.15) is 0 Å². The number of amides is 1. The van der Waals surface area contributed by atoms with Crippen LogP contribution in [0.5, 0.6) is 5.75 Å². The molecule has 4 N–H and O–H groups in total. The van der Waals surface area contributed by atoms with Crippen LogP contribution < -0.4 is 15.4 Å². The van der Waals surface area contributed by atoms with Gasteiger partial charge in [-0.1, -0.05) is 12.1 Å². The second-order valence-electron chi connectivity index (χ2n) is 10.2. The number of hydrogen-bond acceptors (Lipinski definition) is 8. The maximum absolute atomic E-state index is 13.0. The van der Waals surface area contributed by atoms with Crippen molar-refractivity contribution in [2.45, 2.75) is 19.4 Å². The second kappa shape index (κ2) is 11.6. The third-order valence-corrected chi connectivity index (χ3v) is 6.50.